The number of nitrogens with two attached hydrogens (primary N) is 1. The van der Waals surface area contributed by atoms with Gasteiger partial charge in [0.25, 0.3) is 0 Å². The molecule has 1 aromatic carbocycles. The Morgan fingerprint density at radius 2 is 1.73 bits per heavy atom. The van der Waals surface area contributed by atoms with Gasteiger partial charge in [-0.3, -0.25) is 15.4 Å². The van der Waals surface area contributed by atoms with Gasteiger partial charge in [0, 0.05) is 54.0 Å². The highest BCUT2D eigenvalue weighted by Crippen LogP contribution is 2.29. The molecule has 7 heteroatoms. The number of nitrogen functional groups attached to an aromatic ring is 1. The summed E-state index contributed by atoms with van der Waals surface area (Å²) in [7, 11) is 0. The lowest BCUT2D eigenvalue weighted by molar-refractivity contribution is 0.0656. The van der Waals surface area contributed by atoms with Gasteiger partial charge in [-0.1, -0.05) is 24.3 Å². The van der Waals surface area contributed by atoms with Crippen LogP contribution in [0.5, 0.6) is 0 Å². The number of aromatic nitrogens is 3. The van der Waals surface area contributed by atoms with Crippen molar-refractivity contribution in [3.05, 3.63) is 95.1 Å². The summed E-state index contributed by atoms with van der Waals surface area (Å²) < 4.78 is 5.67. The summed E-state index contributed by atoms with van der Waals surface area (Å²) in [5, 5.41) is 12.7. The molecule has 1 aliphatic heterocycles. The van der Waals surface area contributed by atoms with E-state index < -0.39 is 0 Å². The molecule has 0 bridgehead atoms. The summed E-state index contributed by atoms with van der Waals surface area (Å²) in [4.78, 5) is 13.5. The molecule has 0 saturated carbocycles. The zero-order valence-corrected chi connectivity index (χ0v) is 23.0. The van der Waals surface area contributed by atoms with Crippen molar-refractivity contribution in [1.29, 1.82) is 5.41 Å². The van der Waals surface area contributed by atoms with E-state index in [1.54, 1.807) is 18.6 Å². The molecule has 4 heterocycles. The Kier molecular flexibility index (Phi) is 7.66. The van der Waals surface area contributed by atoms with Crippen LogP contribution in [0.15, 0.2) is 67.1 Å². The second kappa shape index (κ2) is 11.7. The van der Waals surface area contributed by atoms with Gasteiger partial charge in [0.15, 0.2) is 0 Å². The van der Waals surface area contributed by atoms with Crippen LogP contribution in [0, 0.1) is 12.3 Å². The maximum Gasteiger partial charge on any atom is 0.132 e. The summed E-state index contributed by atoms with van der Waals surface area (Å²) in [6, 6.07) is 17.5. The summed E-state index contributed by atoms with van der Waals surface area (Å²) in [6.45, 7) is 3.76. The average molecular weight is 533 g/mol. The molecule has 4 aromatic rings. The molecule has 0 radical (unpaired) electrons. The monoisotopic (exact) mass is 532 g/mol. The minimum absolute atomic E-state index is 0.256. The molecule has 0 amide bonds. The van der Waals surface area contributed by atoms with Crippen LogP contribution in [0.25, 0.3) is 22.4 Å². The number of pyridine rings is 3. The summed E-state index contributed by atoms with van der Waals surface area (Å²) in [5.74, 6) is 0.329. The fourth-order valence-electron chi connectivity index (χ4n) is 5.90. The SMILES string of the molecule is Cc1cccnc1-c1ccc(C(=N)c2cc(-c3ccc4c(c3)CC[C@@H](N[C@H]3CCCOC3)CC4)cnc2N)nc1. The first kappa shape index (κ1) is 26.3. The van der Waals surface area contributed by atoms with E-state index in [4.69, 9.17) is 15.9 Å². The van der Waals surface area contributed by atoms with Gasteiger partial charge in [0.05, 0.1) is 23.7 Å². The fourth-order valence-corrected chi connectivity index (χ4v) is 5.90. The summed E-state index contributed by atoms with van der Waals surface area (Å²) >= 11 is 0. The van der Waals surface area contributed by atoms with Crippen molar-refractivity contribution in [2.45, 2.75) is 57.5 Å². The van der Waals surface area contributed by atoms with Gasteiger partial charge in [-0.15, -0.1) is 0 Å². The standard InChI is InChI=1S/C33H36N6O/c1-21-4-2-14-36-32(21)25-10-13-30(37-18-25)31(34)29-17-26(19-38-33(29)35)24-7-6-22-8-11-27(12-9-23(22)16-24)39-28-5-3-15-40-20-28/h2,4,6-7,10,13-14,16-19,27-28,34,39H,3,5,8-9,11-12,15,20H2,1H3,(H2,35,38)/t27-,28-/m0/s1. The number of anilines is 1. The molecule has 7 nitrogen and oxygen atoms in total. The number of hydrogen-bond acceptors (Lipinski definition) is 7. The van der Waals surface area contributed by atoms with E-state index >= 15 is 0 Å². The van der Waals surface area contributed by atoms with Gasteiger partial charge < -0.3 is 15.8 Å². The van der Waals surface area contributed by atoms with Crippen LogP contribution in [-0.2, 0) is 17.6 Å². The molecule has 2 aliphatic rings. The van der Waals surface area contributed by atoms with E-state index in [1.807, 2.05) is 37.3 Å². The van der Waals surface area contributed by atoms with Crippen LogP contribution >= 0.6 is 0 Å². The van der Waals surface area contributed by atoms with Crippen molar-refractivity contribution in [2.24, 2.45) is 0 Å². The number of nitrogens with zero attached hydrogens (tertiary/aromatic N) is 3. The van der Waals surface area contributed by atoms with Crippen molar-refractivity contribution in [2.75, 3.05) is 18.9 Å². The predicted octanol–water partition coefficient (Wildman–Crippen LogP) is 5.53. The maximum absolute atomic E-state index is 8.88. The molecule has 3 aromatic heterocycles. The number of ether oxygens (including phenoxy) is 1. The summed E-state index contributed by atoms with van der Waals surface area (Å²) in [6.07, 6.45) is 12.1. The van der Waals surface area contributed by atoms with Gasteiger partial charge in [-0.25, -0.2) is 4.98 Å². The molecule has 1 fully saturated rings. The van der Waals surface area contributed by atoms with E-state index in [1.165, 1.54) is 17.5 Å². The van der Waals surface area contributed by atoms with Crippen LogP contribution in [0.1, 0.15) is 53.6 Å². The van der Waals surface area contributed by atoms with Crippen molar-refractivity contribution in [3.8, 4) is 22.4 Å². The highest BCUT2D eigenvalue weighted by atomic mass is 16.5. The Labute approximate surface area is 235 Å². The van der Waals surface area contributed by atoms with Gasteiger partial charge in [-0.05, 0) is 92.0 Å². The first-order valence-corrected chi connectivity index (χ1v) is 14.2. The Morgan fingerprint density at radius 3 is 2.50 bits per heavy atom. The molecule has 204 valence electrons. The number of aryl methyl sites for hydroxylation is 3. The van der Waals surface area contributed by atoms with Crippen molar-refractivity contribution in [3.63, 3.8) is 0 Å². The molecule has 4 N–H and O–H groups in total. The molecule has 1 aliphatic carbocycles. The third-order valence-electron chi connectivity index (χ3n) is 8.19. The third kappa shape index (κ3) is 5.67. The topological polar surface area (TPSA) is 110 Å². The van der Waals surface area contributed by atoms with E-state index in [0.29, 0.717) is 29.2 Å². The number of benzene rings is 1. The maximum atomic E-state index is 8.88. The third-order valence-corrected chi connectivity index (χ3v) is 8.19. The molecule has 0 spiro atoms. The molecular formula is C33H36N6O. The Hall–Kier alpha value is -3.94. The smallest absolute Gasteiger partial charge is 0.132 e. The van der Waals surface area contributed by atoms with Crippen molar-refractivity contribution >= 4 is 11.5 Å². The van der Waals surface area contributed by atoms with Gasteiger partial charge in [0.1, 0.15) is 5.82 Å². The van der Waals surface area contributed by atoms with Crippen LogP contribution in [0.3, 0.4) is 0 Å². The highest BCUT2D eigenvalue weighted by Gasteiger charge is 2.22. The molecular weight excluding hydrogens is 496 g/mol. The van der Waals surface area contributed by atoms with Crippen LogP contribution in [-0.4, -0.2) is 46.0 Å². The lowest BCUT2D eigenvalue weighted by atomic mass is 9.95. The van der Waals surface area contributed by atoms with Crippen LogP contribution in [0.2, 0.25) is 0 Å². The molecule has 0 unspecified atom stereocenters. The average Bonchev–Trinajstić information content (AvgIpc) is 3.20. The van der Waals surface area contributed by atoms with E-state index in [2.05, 4.69) is 38.5 Å². The Bertz CT molecular complexity index is 1510. The number of nitrogens with one attached hydrogen (secondary N) is 2. The van der Waals surface area contributed by atoms with Crippen LogP contribution in [0.4, 0.5) is 5.82 Å². The predicted molar refractivity (Wildman–Crippen MR) is 160 cm³/mol. The normalized spacial score (nSPS) is 19.0. The van der Waals surface area contributed by atoms with E-state index in [9.17, 15) is 0 Å². The fraction of sp³-hybridized carbons (Fsp3) is 0.333. The van der Waals surface area contributed by atoms with Gasteiger partial charge >= 0.3 is 0 Å². The Balaban J connectivity index is 1.19. The number of hydrogen-bond donors (Lipinski definition) is 3. The van der Waals surface area contributed by atoms with E-state index in [0.717, 1.165) is 73.3 Å². The van der Waals surface area contributed by atoms with Crippen molar-refractivity contribution < 1.29 is 4.74 Å². The molecule has 1 saturated heterocycles. The van der Waals surface area contributed by atoms with Crippen LogP contribution < -0.4 is 11.1 Å². The minimum atomic E-state index is 0.256. The number of rotatable bonds is 6. The second-order valence-corrected chi connectivity index (χ2v) is 11.0. The largest absolute Gasteiger partial charge is 0.383 e. The Morgan fingerprint density at radius 1 is 0.900 bits per heavy atom. The minimum Gasteiger partial charge on any atom is -0.383 e. The van der Waals surface area contributed by atoms with E-state index in [-0.39, 0.29) is 5.71 Å². The summed E-state index contributed by atoms with van der Waals surface area (Å²) in [5.41, 5.74) is 15.4. The zero-order valence-electron chi connectivity index (χ0n) is 23.0. The molecule has 6 rings (SSSR count). The lowest BCUT2D eigenvalue weighted by Gasteiger charge is -2.28. The first-order valence-electron chi connectivity index (χ1n) is 14.2. The number of fused-ring (bicyclic) bond motifs is 1. The zero-order chi connectivity index (χ0) is 27.5. The highest BCUT2D eigenvalue weighted by molar-refractivity contribution is 6.12. The molecule has 40 heavy (non-hydrogen) atoms. The lowest BCUT2D eigenvalue weighted by Crippen LogP contribution is -2.43. The van der Waals surface area contributed by atoms with Gasteiger partial charge in [0.2, 0.25) is 0 Å². The first-order chi connectivity index (χ1) is 19.5. The van der Waals surface area contributed by atoms with Gasteiger partial charge in [-0.2, -0.15) is 0 Å². The molecule has 2 atom stereocenters. The quantitative estimate of drug-likeness (QED) is 0.223. The second-order valence-electron chi connectivity index (χ2n) is 11.0. The van der Waals surface area contributed by atoms with Crippen molar-refractivity contribution in [1.82, 2.24) is 20.3 Å².